The quantitative estimate of drug-likeness (QED) is 0.174. The summed E-state index contributed by atoms with van der Waals surface area (Å²) in [6, 6.07) is 0. The van der Waals surface area contributed by atoms with Gasteiger partial charge >= 0.3 is 11.9 Å². The molecule has 0 amide bonds. The lowest BCUT2D eigenvalue weighted by Crippen LogP contribution is -2.28. The van der Waals surface area contributed by atoms with E-state index in [1.165, 1.54) is 44.9 Å². The van der Waals surface area contributed by atoms with Crippen molar-refractivity contribution in [1.29, 1.82) is 0 Å². The van der Waals surface area contributed by atoms with E-state index >= 15 is 0 Å². The molecule has 182 valence electrons. The van der Waals surface area contributed by atoms with E-state index in [1.54, 1.807) is 0 Å². The molecule has 0 aromatic rings. The predicted octanol–water partition coefficient (Wildman–Crippen LogP) is 7.48. The average molecular weight is 439 g/mol. The molecule has 0 atom stereocenters. The van der Waals surface area contributed by atoms with Crippen molar-refractivity contribution < 1.29 is 19.1 Å². The fraction of sp³-hybridized carbons (Fsp3) is 0.926. The van der Waals surface area contributed by atoms with Gasteiger partial charge < -0.3 is 9.47 Å². The fourth-order valence-corrected chi connectivity index (χ4v) is 4.34. The maximum Gasteiger partial charge on any atom is 0.308 e. The second kappa shape index (κ2) is 17.5. The summed E-state index contributed by atoms with van der Waals surface area (Å²) in [5.41, 5.74) is 0. The largest absolute Gasteiger partial charge is 0.465 e. The maximum atomic E-state index is 12.3. The van der Waals surface area contributed by atoms with Gasteiger partial charge in [-0.15, -0.1) is 0 Å². The first-order valence-electron chi connectivity index (χ1n) is 13.2. The van der Waals surface area contributed by atoms with Crippen LogP contribution in [0, 0.1) is 23.7 Å². The number of rotatable bonds is 17. The van der Waals surface area contributed by atoms with Crippen LogP contribution >= 0.6 is 0 Å². The minimum atomic E-state index is -0.0657. The van der Waals surface area contributed by atoms with Crippen molar-refractivity contribution in [2.75, 3.05) is 13.2 Å². The minimum absolute atomic E-state index is 0.0314. The van der Waals surface area contributed by atoms with Crippen molar-refractivity contribution in [3.05, 3.63) is 0 Å². The van der Waals surface area contributed by atoms with Gasteiger partial charge in [-0.05, 0) is 50.4 Å². The van der Waals surface area contributed by atoms with Crippen LogP contribution in [0.4, 0.5) is 0 Å². The van der Waals surface area contributed by atoms with Gasteiger partial charge in [-0.1, -0.05) is 85.5 Å². The summed E-state index contributed by atoms with van der Waals surface area (Å²) in [7, 11) is 0. The second-order valence-corrected chi connectivity index (χ2v) is 10.4. The number of hydrogen-bond acceptors (Lipinski definition) is 4. The smallest absolute Gasteiger partial charge is 0.308 e. The summed E-state index contributed by atoms with van der Waals surface area (Å²) in [4.78, 5) is 24.5. The van der Waals surface area contributed by atoms with Gasteiger partial charge in [0.2, 0.25) is 0 Å². The van der Waals surface area contributed by atoms with Crippen LogP contribution in [0.5, 0.6) is 0 Å². The summed E-state index contributed by atoms with van der Waals surface area (Å²) in [5, 5.41) is 0. The number of carbonyl (C=O) groups excluding carboxylic acids is 2. The van der Waals surface area contributed by atoms with Crippen LogP contribution in [0.3, 0.4) is 0 Å². The monoisotopic (exact) mass is 438 g/mol. The molecule has 4 heteroatoms. The third kappa shape index (κ3) is 14.6. The van der Waals surface area contributed by atoms with Crippen molar-refractivity contribution in [3.63, 3.8) is 0 Å². The third-order valence-electron chi connectivity index (χ3n) is 6.48. The molecule has 4 nitrogen and oxygen atoms in total. The highest BCUT2D eigenvalue weighted by molar-refractivity contribution is 5.75. The van der Waals surface area contributed by atoms with E-state index in [-0.39, 0.29) is 23.8 Å². The van der Waals surface area contributed by atoms with Gasteiger partial charge in [0, 0.05) is 0 Å². The summed E-state index contributed by atoms with van der Waals surface area (Å²) < 4.78 is 11.0. The molecule has 1 saturated carbocycles. The van der Waals surface area contributed by atoms with E-state index in [0.717, 1.165) is 63.2 Å². The zero-order valence-corrected chi connectivity index (χ0v) is 21.0. The predicted molar refractivity (Wildman–Crippen MR) is 128 cm³/mol. The Morgan fingerprint density at radius 3 is 1.29 bits per heavy atom. The van der Waals surface area contributed by atoms with Crippen LogP contribution in [0.2, 0.25) is 0 Å². The van der Waals surface area contributed by atoms with E-state index < -0.39 is 0 Å². The lowest BCUT2D eigenvalue weighted by Gasteiger charge is -2.26. The average Bonchev–Trinajstić information content (AvgIpc) is 2.74. The molecule has 0 aromatic heterocycles. The van der Waals surface area contributed by atoms with Crippen molar-refractivity contribution in [3.8, 4) is 0 Å². The Bertz CT molecular complexity index is 464. The van der Waals surface area contributed by atoms with Crippen LogP contribution in [-0.2, 0) is 19.1 Å². The van der Waals surface area contributed by atoms with Crippen LogP contribution in [0.25, 0.3) is 0 Å². The van der Waals surface area contributed by atoms with Crippen LogP contribution in [-0.4, -0.2) is 25.2 Å². The van der Waals surface area contributed by atoms with Crippen molar-refractivity contribution in [2.45, 2.75) is 124 Å². The lowest BCUT2D eigenvalue weighted by molar-refractivity contribution is -0.155. The van der Waals surface area contributed by atoms with Crippen LogP contribution in [0.1, 0.15) is 124 Å². The normalized spacial score (nSPS) is 19.0. The molecule has 1 aliphatic carbocycles. The highest BCUT2D eigenvalue weighted by atomic mass is 16.5. The van der Waals surface area contributed by atoms with Crippen LogP contribution in [0.15, 0.2) is 0 Å². The number of ether oxygens (including phenoxy) is 2. The molecule has 1 rings (SSSR count). The van der Waals surface area contributed by atoms with Gasteiger partial charge in [0.25, 0.3) is 0 Å². The summed E-state index contributed by atoms with van der Waals surface area (Å²) in [6.45, 7) is 10.1. The Balaban J connectivity index is 2.01. The summed E-state index contributed by atoms with van der Waals surface area (Å²) >= 11 is 0. The van der Waals surface area contributed by atoms with E-state index in [9.17, 15) is 9.59 Å². The van der Waals surface area contributed by atoms with E-state index in [1.807, 2.05) is 0 Å². The standard InChI is InChI=1S/C27H50O4/c1-22(2)14-10-7-5-6-8-12-20-30-26(28)24-16-18-25(19-17-24)27(29)31-21-13-9-11-15-23(3)4/h22-25H,5-21H2,1-4H3. The first kappa shape index (κ1) is 28.0. The van der Waals surface area contributed by atoms with E-state index in [2.05, 4.69) is 27.7 Å². The van der Waals surface area contributed by atoms with Crippen LogP contribution < -0.4 is 0 Å². The zero-order valence-electron chi connectivity index (χ0n) is 21.0. The molecule has 0 aliphatic heterocycles. The second-order valence-electron chi connectivity index (χ2n) is 10.4. The summed E-state index contributed by atoms with van der Waals surface area (Å²) in [6.07, 6.45) is 16.2. The first-order valence-corrected chi connectivity index (χ1v) is 13.2. The molecule has 0 heterocycles. The molecular weight excluding hydrogens is 388 g/mol. The molecule has 0 aromatic carbocycles. The molecule has 0 unspecified atom stereocenters. The Morgan fingerprint density at radius 2 is 0.903 bits per heavy atom. The molecule has 1 aliphatic rings. The Kier molecular flexibility index (Phi) is 15.8. The molecule has 31 heavy (non-hydrogen) atoms. The zero-order chi connectivity index (χ0) is 22.9. The van der Waals surface area contributed by atoms with Gasteiger partial charge in [-0.3, -0.25) is 9.59 Å². The minimum Gasteiger partial charge on any atom is -0.465 e. The Hall–Kier alpha value is -1.06. The number of carbonyl (C=O) groups is 2. The number of esters is 2. The first-order chi connectivity index (χ1) is 14.9. The van der Waals surface area contributed by atoms with Gasteiger partial charge in [0.05, 0.1) is 25.0 Å². The molecule has 0 bridgehead atoms. The van der Waals surface area contributed by atoms with Crippen molar-refractivity contribution in [1.82, 2.24) is 0 Å². The van der Waals surface area contributed by atoms with Crippen molar-refractivity contribution in [2.24, 2.45) is 23.7 Å². The summed E-state index contributed by atoms with van der Waals surface area (Å²) in [5.74, 6) is 1.36. The third-order valence-corrected chi connectivity index (χ3v) is 6.48. The van der Waals surface area contributed by atoms with Gasteiger partial charge in [-0.2, -0.15) is 0 Å². The fourth-order valence-electron chi connectivity index (χ4n) is 4.34. The van der Waals surface area contributed by atoms with E-state index in [0.29, 0.717) is 13.2 Å². The van der Waals surface area contributed by atoms with Gasteiger partial charge in [0.15, 0.2) is 0 Å². The van der Waals surface area contributed by atoms with Crippen molar-refractivity contribution >= 4 is 11.9 Å². The molecule has 0 N–H and O–H groups in total. The SMILES string of the molecule is CC(C)CCCCCCCCOC(=O)C1CCC(C(=O)OCCCCCC(C)C)CC1. The molecule has 0 spiro atoms. The Morgan fingerprint density at radius 1 is 0.581 bits per heavy atom. The molecule has 1 fully saturated rings. The highest BCUT2D eigenvalue weighted by Crippen LogP contribution is 2.30. The molecule has 0 saturated heterocycles. The highest BCUT2D eigenvalue weighted by Gasteiger charge is 2.31. The number of unbranched alkanes of at least 4 members (excludes halogenated alkanes) is 7. The van der Waals surface area contributed by atoms with Gasteiger partial charge in [-0.25, -0.2) is 0 Å². The van der Waals surface area contributed by atoms with E-state index in [4.69, 9.17) is 9.47 Å². The van der Waals surface area contributed by atoms with Gasteiger partial charge in [0.1, 0.15) is 0 Å². The number of hydrogen-bond donors (Lipinski definition) is 0. The molecule has 0 radical (unpaired) electrons. The lowest BCUT2D eigenvalue weighted by atomic mass is 9.82. The maximum absolute atomic E-state index is 12.3. The topological polar surface area (TPSA) is 52.6 Å². The molecular formula is C27H50O4. The Labute approximate surface area is 192 Å².